The first-order valence-electron chi connectivity index (χ1n) is 8.70. The summed E-state index contributed by atoms with van der Waals surface area (Å²) < 4.78 is 5.72. The lowest BCUT2D eigenvalue weighted by Crippen LogP contribution is -2.26. The summed E-state index contributed by atoms with van der Waals surface area (Å²) in [7, 11) is 0. The fourth-order valence-electron chi connectivity index (χ4n) is 2.64. The van der Waals surface area contributed by atoms with Gasteiger partial charge in [0.1, 0.15) is 27.1 Å². The van der Waals surface area contributed by atoms with Crippen LogP contribution in [0, 0.1) is 0 Å². The van der Waals surface area contributed by atoms with Gasteiger partial charge in [-0.3, -0.25) is 4.79 Å². The number of phenolic OH excluding ortho intramolecular Hbond substituents is 3. The maximum Gasteiger partial charge on any atom is 0.258 e. The highest BCUT2D eigenvalue weighted by Gasteiger charge is 2.26. The van der Waals surface area contributed by atoms with E-state index in [-0.39, 0.29) is 6.54 Å². The Labute approximate surface area is 187 Å². The lowest BCUT2D eigenvalue weighted by molar-refractivity contribution is 0.0948. The molecule has 1 amide bonds. The zero-order valence-corrected chi connectivity index (χ0v) is 17.6. The number of amides is 1. The number of carbonyl (C=O) groups is 1. The van der Waals surface area contributed by atoms with Crippen molar-refractivity contribution < 1.29 is 24.9 Å². The fraction of sp³-hybridized carbons (Fsp3) is 0.0952. The van der Waals surface area contributed by atoms with Gasteiger partial charge in [0, 0.05) is 11.6 Å². The van der Waals surface area contributed by atoms with E-state index in [0.717, 1.165) is 5.56 Å². The van der Waals surface area contributed by atoms with E-state index in [2.05, 4.69) is 5.32 Å². The van der Waals surface area contributed by atoms with Crippen LogP contribution in [0.15, 0.2) is 48.5 Å². The molecule has 3 aromatic rings. The lowest BCUT2D eigenvalue weighted by Gasteiger charge is -2.12. The van der Waals surface area contributed by atoms with Gasteiger partial charge in [-0.1, -0.05) is 46.9 Å². The monoisotopic (exact) mass is 467 g/mol. The highest BCUT2D eigenvalue weighted by atomic mass is 35.5. The average molecular weight is 469 g/mol. The van der Waals surface area contributed by atoms with Gasteiger partial charge in [0.2, 0.25) is 0 Å². The van der Waals surface area contributed by atoms with Gasteiger partial charge >= 0.3 is 0 Å². The Morgan fingerprint density at radius 1 is 0.800 bits per heavy atom. The Balaban J connectivity index is 1.59. The molecule has 0 radical (unpaired) electrons. The molecule has 0 fully saturated rings. The van der Waals surface area contributed by atoms with E-state index in [1.807, 2.05) is 12.1 Å². The van der Waals surface area contributed by atoms with Crippen molar-refractivity contribution in [2.24, 2.45) is 0 Å². The highest BCUT2D eigenvalue weighted by molar-refractivity contribution is 6.40. The summed E-state index contributed by atoms with van der Waals surface area (Å²) in [6.07, 6.45) is 0.480. The van der Waals surface area contributed by atoms with Crippen molar-refractivity contribution in [1.29, 1.82) is 0 Å². The van der Waals surface area contributed by atoms with Crippen LogP contribution in [0.3, 0.4) is 0 Å². The standard InChI is InChI=1S/C21H16Cl3NO5/c22-12-3-7-14(8-4-12)30-13-5-1-11(2-6-13)9-10-25-21(29)15-18(26)16(23)20(28)17(24)19(15)27/h1-8,26-28H,9-10H2,(H,25,29). The molecule has 9 heteroatoms. The van der Waals surface area contributed by atoms with Crippen molar-refractivity contribution in [2.75, 3.05) is 6.54 Å². The Bertz CT molecular complexity index is 1040. The number of phenols is 3. The van der Waals surface area contributed by atoms with E-state index in [0.29, 0.717) is 22.9 Å². The number of hydrogen-bond donors (Lipinski definition) is 4. The van der Waals surface area contributed by atoms with Crippen LogP contribution in [0.2, 0.25) is 15.1 Å². The largest absolute Gasteiger partial charge is 0.505 e. The van der Waals surface area contributed by atoms with Crippen LogP contribution < -0.4 is 10.1 Å². The fourth-order valence-corrected chi connectivity index (χ4v) is 3.19. The SMILES string of the molecule is O=C(NCCc1ccc(Oc2ccc(Cl)cc2)cc1)c1c(O)c(Cl)c(O)c(Cl)c1O. The minimum Gasteiger partial charge on any atom is -0.505 e. The minimum absolute atomic E-state index is 0.214. The first-order valence-corrected chi connectivity index (χ1v) is 9.83. The Morgan fingerprint density at radius 2 is 1.30 bits per heavy atom. The second kappa shape index (κ2) is 9.34. The summed E-state index contributed by atoms with van der Waals surface area (Å²) in [6.45, 7) is 0.214. The average Bonchev–Trinajstić information content (AvgIpc) is 2.74. The highest BCUT2D eigenvalue weighted by Crippen LogP contribution is 2.47. The molecule has 6 nitrogen and oxygen atoms in total. The van der Waals surface area contributed by atoms with Crippen LogP contribution in [0.5, 0.6) is 28.7 Å². The second-order valence-electron chi connectivity index (χ2n) is 6.25. The molecule has 0 saturated carbocycles. The topological polar surface area (TPSA) is 99.0 Å². The zero-order chi connectivity index (χ0) is 21.8. The third kappa shape index (κ3) is 4.84. The summed E-state index contributed by atoms with van der Waals surface area (Å²) in [5, 5.41) is 31.6. The summed E-state index contributed by atoms with van der Waals surface area (Å²) >= 11 is 17.3. The minimum atomic E-state index is -0.781. The molecule has 0 unspecified atom stereocenters. The first-order chi connectivity index (χ1) is 14.3. The smallest absolute Gasteiger partial charge is 0.258 e. The number of rotatable bonds is 6. The number of ether oxygens (including phenoxy) is 1. The molecule has 0 atom stereocenters. The number of hydrogen-bond acceptors (Lipinski definition) is 5. The van der Waals surface area contributed by atoms with E-state index < -0.39 is 38.8 Å². The molecule has 0 bridgehead atoms. The number of benzene rings is 3. The number of carbonyl (C=O) groups excluding carboxylic acids is 1. The Hall–Kier alpha value is -2.80. The van der Waals surface area contributed by atoms with Crippen molar-refractivity contribution in [3.8, 4) is 28.7 Å². The van der Waals surface area contributed by atoms with Crippen molar-refractivity contribution in [3.05, 3.63) is 74.7 Å². The Kier molecular flexibility index (Phi) is 6.82. The Morgan fingerprint density at radius 3 is 1.83 bits per heavy atom. The molecule has 0 aliphatic rings. The normalized spacial score (nSPS) is 10.6. The van der Waals surface area contributed by atoms with Crippen molar-refractivity contribution in [3.63, 3.8) is 0 Å². The number of aromatic hydroxyl groups is 3. The molecular formula is C21H16Cl3NO5. The van der Waals surface area contributed by atoms with Crippen molar-refractivity contribution >= 4 is 40.7 Å². The summed E-state index contributed by atoms with van der Waals surface area (Å²) in [6, 6.07) is 14.3. The van der Waals surface area contributed by atoms with Crippen LogP contribution in [-0.4, -0.2) is 27.8 Å². The van der Waals surface area contributed by atoms with Gasteiger partial charge in [0.25, 0.3) is 5.91 Å². The van der Waals surface area contributed by atoms with Gasteiger partial charge in [0.15, 0.2) is 17.2 Å². The molecule has 0 aromatic heterocycles. The van der Waals surface area contributed by atoms with E-state index in [4.69, 9.17) is 39.5 Å². The van der Waals surface area contributed by atoms with Gasteiger partial charge in [-0.25, -0.2) is 0 Å². The maximum absolute atomic E-state index is 12.3. The molecule has 30 heavy (non-hydrogen) atoms. The second-order valence-corrected chi connectivity index (χ2v) is 7.45. The molecular weight excluding hydrogens is 453 g/mol. The molecule has 0 heterocycles. The van der Waals surface area contributed by atoms with Gasteiger partial charge in [-0.2, -0.15) is 0 Å². The van der Waals surface area contributed by atoms with Crippen LogP contribution in [0.25, 0.3) is 0 Å². The maximum atomic E-state index is 12.3. The lowest BCUT2D eigenvalue weighted by atomic mass is 10.1. The van der Waals surface area contributed by atoms with E-state index in [1.165, 1.54) is 0 Å². The zero-order valence-electron chi connectivity index (χ0n) is 15.3. The molecule has 3 rings (SSSR count). The summed E-state index contributed by atoms with van der Waals surface area (Å²) in [4.78, 5) is 12.3. The third-order valence-corrected chi connectivity index (χ3v) is 5.17. The molecule has 0 spiro atoms. The van der Waals surface area contributed by atoms with Crippen LogP contribution >= 0.6 is 34.8 Å². The van der Waals surface area contributed by atoms with Gasteiger partial charge < -0.3 is 25.4 Å². The molecule has 156 valence electrons. The summed E-state index contributed by atoms with van der Waals surface area (Å²) in [5.41, 5.74) is 0.420. The van der Waals surface area contributed by atoms with Crippen LogP contribution in [0.1, 0.15) is 15.9 Å². The third-order valence-electron chi connectivity index (χ3n) is 4.20. The summed E-state index contributed by atoms with van der Waals surface area (Å²) in [5.74, 6) is -1.68. The van der Waals surface area contributed by atoms with Crippen molar-refractivity contribution in [1.82, 2.24) is 5.32 Å². The van der Waals surface area contributed by atoms with E-state index >= 15 is 0 Å². The van der Waals surface area contributed by atoms with Crippen LogP contribution in [0.4, 0.5) is 0 Å². The molecule has 0 aliphatic heterocycles. The molecule has 4 N–H and O–H groups in total. The van der Waals surface area contributed by atoms with E-state index in [1.54, 1.807) is 36.4 Å². The molecule has 3 aromatic carbocycles. The van der Waals surface area contributed by atoms with Gasteiger partial charge in [0.05, 0.1) is 0 Å². The van der Waals surface area contributed by atoms with Crippen LogP contribution in [-0.2, 0) is 6.42 Å². The first kappa shape index (κ1) is 21.9. The number of nitrogens with one attached hydrogen (secondary N) is 1. The van der Waals surface area contributed by atoms with Gasteiger partial charge in [-0.05, 0) is 48.4 Å². The number of halogens is 3. The van der Waals surface area contributed by atoms with E-state index in [9.17, 15) is 20.1 Å². The van der Waals surface area contributed by atoms with Crippen molar-refractivity contribution in [2.45, 2.75) is 6.42 Å². The van der Waals surface area contributed by atoms with Gasteiger partial charge in [-0.15, -0.1) is 0 Å². The molecule has 0 aliphatic carbocycles. The quantitative estimate of drug-likeness (QED) is 0.381. The molecule has 0 saturated heterocycles. The predicted octanol–water partition coefficient (Wildman–Crippen LogP) is 5.53. The predicted molar refractivity (Wildman–Crippen MR) is 115 cm³/mol.